The molecule has 6 heteroatoms. The minimum atomic E-state index is 0.505. The highest BCUT2D eigenvalue weighted by molar-refractivity contribution is 9.10. The number of hydrogen-bond acceptors (Lipinski definition) is 5. The summed E-state index contributed by atoms with van der Waals surface area (Å²) in [5.41, 5.74) is 3.11. The summed E-state index contributed by atoms with van der Waals surface area (Å²) in [4.78, 5) is 13.4. The highest BCUT2D eigenvalue weighted by Crippen LogP contribution is 2.26. The summed E-state index contributed by atoms with van der Waals surface area (Å²) in [6.07, 6.45) is 5.92. The number of benzene rings is 1. The smallest absolute Gasteiger partial charge is 0.225 e. The van der Waals surface area contributed by atoms with Crippen LogP contribution in [0.15, 0.2) is 59.3 Å². The van der Waals surface area contributed by atoms with Crippen LogP contribution >= 0.6 is 15.9 Å². The van der Waals surface area contributed by atoms with Crippen LogP contribution in [0.4, 0.5) is 11.8 Å². The minimum absolute atomic E-state index is 0.505. The van der Waals surface area contributed by atoms with Crippen molar-refractivity contribution in [2.45, 2.75) is 25.4 Å². The van der Waals surface area contributed by atoms with Gasteiger partial charge in [-0.1, -0.05) is 28.1 Å². The van der Waals surface area contributed by atoms with Gasteiger partial charge in [0.1, 0.15) is 5.82 Å². The lowest BCUT2D eigenvalue weighted by Crippen LogP contribution is -2.09. The lowest BCUT2D eigenvalue weighted by molar-refractivity contribution is 1.03. The number of nitrogens with one attached hydrogen (secondary N) is 2. The van der Waals surface area contributed by atoms with Crippen LogP contribution in [0.3, 0.4) is 0 Å². The molecule has 1 aliphatic carbocycles. The van der Waals surface area contributed by atoms with Crippen molar-refractivity contribution in [1.29, 1.82) is 0 Å². The van der Waals surface area contributed by atoms with E-state index >= 15 is 0 Å². The zero-order valence-electron chi connectivity index (χ0n) is 13.6. The Kier molecular flexibility index (Phi) is 4.61. The Morgan fingerprint density at radius 3 is 2.64 bits per heavy atom. The fraction of sp³-hybridized carbons (Fsp3) is 0.211. The normalized spacial score (nSPS) is 13.5. The van der Waals surface area contributed by atoms with Gasteiger partial charge < -0.3 is 10.6 Å². The predicted octanol–water partition coefficient (Wildman–Crippen LogP) is 4.49. The molecule has 0 saturated heterocycles. The lowest BCUT2D eigenvalue weighted by atomic mass is 10.2. The Balaban J connectivity index is 1.59. The molecule has 1 saturated carbocycles. The molecule has 2 aromatic heterocycles. The first kappa shape index (κ1) is 16.0. The third kappa shape index (κ3) is 4.33. The third-order valence-corrected chi connectivity index (χ3v) is 4.47. The van der Waals surface area contributed by atoms with E-state index in [0.717, 1.165) is 21.5 Å². The Labute approximate surface area is 155 Å². The molecule has 25 heavy (non-hydrogen) atoms. The van der Waals surface area contributed by atoms with Gasteiger partial charge in [-0.15, -0.1) is 0 Å². The third-order valence-electron chi connectivity index (χ3n) is 3.98. The molecule has 1 aromatic carbocycles. The average molecular weight is 396 g/mol. The largest absolute Gasteiger partial charge is 0.366 e. The maximum atomic E-state index is 4.66. The second-order valence-electron chi connectivity index (χ2n) is 6.10. The van der Waals surface area contributed by atoms with Crippen LogP contribution in [0.2, 0.25) is 0 Å². The van der Waals surface area contributed by atoms with Gasteiger partial charge in [-0.3, -0.25) is 4.98 Å². The quantitative estimate of drug-likeness (QED) is 0.643. The van der Waals surface area contributed by atoms with Crippen molar-refractivity contribution < 1.29 is 0 Å². The van der Waals surface area contributed by atoms with E-state index in [2.05, 4.69) is 53.6 Å². The average Bonchev–Trinajstić information content (AvgIpc) is 3.45. The number of halogens is 1. The Bertz CT molecular complexity index is 865. The molecule has 0 amide bonds. The van der Waals surface area contributed by atoms with E-state index in [0.29, 0.717) is 18.5 Å². The molecule has 0 unspecified atom stereocenters. The van der Waals surface area contributed by atoms with Gasteiger partial charge >= 0.3 is 0 Å². The number of pyridine rings is 1. The Morgan fingerprint density at radius 2 is 1.88 bits per heavy atom. The number of rotatable bonds is 6. The summed E-state index contributed by atoms with van der Waals surface area (Å²) >= 11 is 3.51. The number of hydrogen-bond donors (Lipinski definition) is 2. The summed E-state index contributed by atoms with van der Waals surface area (Å²) in [5.74, 6) is 1.48. The van der Waals surface area contributed by atoms with Crippen molar-refractivity contribution in [3.8, 4) is 11.3 Å². The summed E-state index contributed by atoms with van der Waals surface area (Å²) < 4.78 is 1.07. The van der Waals surface area contributed by atoms with E-state index in [1.807, 2.05) is 30.3 Å². The fourth-order valence-corrected chi connectivity index (χ4v) is 2.97. The zero-order valence-corrected chi connectivity index (χ0v) is 15.2. The maximum Gasteiger partial charge on any atom is 0.225 e. The maximum absolute atomic E-state index is 4.66. The highest BCUT2D eigenvalue weighted by Gasteiger charge is 2.22. The van der Waals surface area contributed by atoms with E-state index < -0.39 is 0 Å². The van der Waals surface area contributed by atoms with E-state index in [1.165, 1.54) is 18.4 Å². The standard InChI is InChI=1S/C19H18BrN5/c20-15-3-1-2-13(10-15)12-22-18-11-17(14-6-8-21-9-7-14)24-19(25-18)23-16-4-5-16/h1-3,6-11,16H,4-5,12H2,(H2,22,23,24,25). The molecule has 2 heterocycles. The van der Waals surface area contributed by atoms with Crippen LogP contribution in [0, 0.1) is 0 Å². The molecule has 3 aromatic rings. The molecule has 0 aliphatic heterocycles. The van der Waals surface area contributed by atoms with Gasteiger partial charge in [-0.25, -0.2) is 4.98 Å². The van der Waals surface area contributed by atoms with Crippen LogP contribution in [0.25, 0.3) is 11.3 Å². The SMILES string of the molecule is Brc1cccc(CNc2cc(-c3ccncc3)nc(NC3CC3)n2)c1. The first-order chi connectivity index (χ1) is 12.3. The van der Waals surface area contributed by atoms with Crippen LogP contribution in [0.1, 0.15) is 18.4 Å². The summed E-state index contributed by atoms with van der Waals surface area (Å²) in [5, 5.41) is 6.79. The van der Waals surface area contributed by atoms with Crippen LogP contribution < -0.4 is 10.6 Å². The van der Waals surface area contributed by atoms with Crippen LogP contribution in [-0.2, 0) is 6.54 Å². The van der Waals surface area contributed by atoms with Gasteiger partial charge in [-0.2, -0.15) is 4.98 Å². The molecule has 5 nitrogen and oxygen atoms in total. The molecule has 2 N–H and O–H groups in total. The van der Waals surface area contributed by atoms with Gasteiger partial charge in [0, 0.05) is 41.1 Å². The zero-order chi connectivity index (χ0) is 17.1. The highest BCUT2D eigenvalue weighted by atomic mass is 79.9. The molecular formula is C19H18BrN5. The van der Waals surface area contributed by atoms with E-state index in [4.69, 9.17) is 0 Å². The van der Waals surface area contributed by atoms with Gasteiger partial charge in [0.2, 0.25) is 5.95 Å². The molecule has 1 aliphatic rings. The second-order valence-corrected chi connectivity index (χ2v) is 7.02. The summed E-state index contributed by atoms with van der Waals surface area (Å²) in [6.45, 7) is 0.703. The van der Waals surface area contributed by atoms with Gasteiger partial charge in [0.05, 0.1) is 5.69 Å². The lowest BCUT2D eigenvalue weighted by Gasteiger charge is -2.11. The fourth-order valence-electron chi connectivity index (χ4n) is 2.52. The van der Waals surface area contributed by atoms with Crippen molar-refractivity contribution in [3.05, 3.63) is 64.9 Å². The van der Waals surface area contributed by atoms with Crippen molar-refractivity contribution in [1.82, 2.24) is 15.0 Å². The van der Waals surface area contributed by atoms with Crippen LogP contribution in [-0.4, -0.2) is 21.0 Å². The van der Waals surface area contributed by atoms with Gasteiger partial charge in [0.15, 0.2) is 0 Å². The van der Waals surface area contributed by atoms with E-state index in [-0.39, 0.29) is 0 Å². The van der Waals surface area contributed by atoms with Crippen molar-refractivity contribution in [2.24, 2.45) is 0 Å². The molecule has 0 spiro atoms. The van der Waals surface area contributed by atoms with E-state index in [9.17, 15) is 0 Å². The Hall–Kier alpha value is -2.47. The summed E-state index contributed by atoms with van der Waals surface area (Å²) in [7, 11) is 0. The van der Waals surface area contributed by atoms with Gasteiger partial charge in [0.25, 0.3) is 0 Å². The first-order valence-corrected chi connectivity index (χ1v) is 9.10. The molecule has 1 fully saturated rings. The van der Waals surface area contributed by atoms with Crippen molar-refractivity contribution >= 4 is 27.7 Å². The monoisotopic (exact) mass is 395 g/mol. The van der Waals surface area contributed by atoms with Gasteiger partial charge in [-0.05, 0) is 42.7 Å². The number of anilines is 2. The molecule has 126 valence electrons. The molecule has 0 atom stereocenters. The second kappa shape index (κ2) is 7.19. The molecular weight excluding hydrogens is 378 g/mol. The minimum Gasteiger partial charge on any atom is -0.366 e. The predicted molar refractivity (Wildman–Crippen MR) is 103 cm³/mol. The van der Waals surface area contributed by atoms with Crippen molar-refractivity contribution in [3.63, 3.8) is 0 Å². The number of aromatic nitrogens is 3. The molecule has 0 bridgehead atoms. The Morgan fingerprint density at radius 1 is 1.04 bits per heavy atom. The van der Waals surface area contributed by atoms with Crippen LogP contribution in [0.5, 0.6) is 0 Å². The van der Waals surface area contributed by atoms with Crippen molar-refractivity contribution in [2.75, 3.05) is 10.6 Å². The molecule has 0 radical (unpaired) electrons. The first-order valence-electron chi connectivity index (χ1n) is 8.30. The number of nitrogens with zero attached hydrogens (tertiary/aromatic N) is 3. The molecule has 4 rings (SSSR count). The van der Waals surface area contributed by atoms with E-state index in [1.54, 1.807) is 12.4 Å². The topological polar surface area (TPSA) is 62.7 Å². The summed E-state index contributed by atoms with van der Waals surface area (Å²) in [6, 6.07) is 14.6.